The Labute approximate surface area is 86.2 Å². The van der Waals surface area contributed by atoms with Crippen molar-refractivity contribution in [2.24, 2.45) is 5.92 Å². The van der Waals surface area contributed by atoms with Crippen molar-refractivity contribution >= 4 is 0 Å². The molecular formula is C12H19NO. The molecule has 0 aromatic rings. The van der Waals surface area contributed by atoms with Gasteiger partial charge in [-0.2, -0.15) is 0 Å². The number of allylic oxidation sites excluding steroid dienone is 3. The lowest BCUT2D eigenvalue weighted by molar-refractivity contribution is 0.170. The predicted molar refractivity (Wildman–Crippen MR) is 58.0 cm³/mol. The molecular weight excluding hydrogens is 174 g/mol. The number of likely N-dealkylation sites (tertiary alicyclic amines) is 1. The molecule has 2 aliphatic rings. The molecule has 1 aliphatic heterocycles. The summed E-state index contributed by atoms with van der Waals surface area (Å²) in [6.07, 6.45) is 10.2. The van der Waals surface area contributed by atoms with E-state index in [1.165, 1.54) is 19.4 Å². The third kappa shape index (κ3) is 1.71. The van der Waals surface area contributed by atoms with Crippen LogP contribution in [0, 0.1) is 5.92 Å². The van der Waals surface area contributed by atoms with E-state index in [0.29, 0.717) is 12.0 Å². The molecule has 0 spiro atoms. The fourth-order valence-electron chi connectivity index (χ4n) is 2.64. The van der Waals surface area contributed by atoms with Gasteiger partial charge in [-0.1, -0.05) is 12.2 Å². The van der Waals surface area contributed by atoms with Crippen molar-refractivity contribution in [1.29, 1.82) is 0 Å². The average Bonchev–Trinajstić information content (AvgIpc) is 2.64. The maximum Gasteiger partial charge on any atom is 0.100 e. The number of rotatable bonds is 2. The third-order valence-corrected chi connectivity index (χ3v) is 3.43. The maximum absolute atomic E-state index is 5.45. The minimum absolute atomic E-state index is 0.581. The molecule has 78 valence electrons. The molecule has 1 fully saturated rings. The highest BCUT2D eigenvalue weighted by Gasteiger charge is 2.32. The standard InChI is InChI=1S/C12H19NO/c1-13-9-5-7-11(13)10-6-3-4-8-12(10)14-2/h3-4,8,10-11H,5-7,9H2,1-2H3. The van der Waals surface area contributed by atoms with Crippen molar-refractivity contribution in [3.63, 3.8) is 0 Å². The van der Waals surface area contributed by atoms with Crippen LogP contribution in [0.5, 0.6) is 0 Å². The van der Waals surface area contributed by atoms with Gasteiger partial charge in [-0.05, 0) is 38.9 Å². The number of hydrogen-bond acceptors (Lipinski definition) is 2. The van der Waals surface area contributed by atoms with Gasteiger partial charge in [0.2, 0.25) is 0 Å². The lowest BCUT2D eigenvalue weighted by Gasteiger charge is -2.30. The van der Waals surface area contributed by atoms with E-state index >= 15 is 0 Å². The molecule has 1 saturated heterocycles. The molecule has 0 radical (unpaired) electrons. The van der Waals surface area contributed by atoms with Crippen molar-refractivity contribution in [3.05, 3.63) is 24.0 Å². The Balaban J connectivity index is 2.09. The Kier molecular flexibility index (Phi) is 2.92. The van der Waals surface area contributed by atoms with E-state index in [1.807, 2.05) is 0 Å². The summed E-state index contributed by atoms with van der Waals surface area (Å²) in [7, 11) is 4.01. The minimum atomic E-state index is 0.581. The molecule has 2 atom stereocenters. The molecule has 0 amide bonds. The highest BCUT2D eigenvalue weighted by atomic mass is 16.5. The van der Waals surface area contributed by atoms with Crippen molar-refractivity contribution in [2.75, 3.05) is 20.7 Å². The Morgan fingerprint density at radius 3 is 3.00 bits per heavy atom. The summed E-state index contributed by atoms with van der Waals surface area (Å²) in [5.74, 6) is 1.74. The van der Waals surface area contributed by atoms with Crippen LogP contribution in [0.3, 0.4) is 0 Å². The van der Waals surface area contributed by atoms with Gasteiger partial charge < -0.3 is 9.64 Å². The molecule has 0 saturated carbocycles. The normalized spacial score (nSPS) is 33.1. The van der Waals surface area contributed by atoms with Gasteiger partial charge >= 0.3 is 0 Å². The molecule has 0 aromatic heterocycles. The summed E-state index contributed by atoms with van der Waals surface area (Å²) in [6, 6.07) is 0.686. The van der Waals surface area contributed by atoms with E-state index in [-0.39, 0.29) is 0 Å². The van der Waals surface area contributed by atoms with E-state index in [0.717, 1.165) is 12.2 Å². The topological polar surface area (TPSA) is 12.5 Å². The first-order chi connectivity index (χ1) is 6.83. The van der Waals surface area contributed by atoms with Crippen LogP contribution < -0.4 is 0 Å². The van der Waals surface area contributed by atoms with Crippen molar-refractivity contribution < 1.29 is 4.74 Å². The second-order valence-electron chi connectivity index (χ2n) is 4.23. The molecule has 1 heterocycles. The zero-order valence-electron chi connectivity index (χ0n) is 9.07. The average molecular weight is 193 g/mol. The first kappa shape index (κ1) is 9.78. The summed E-state index contributed by atoms with van der Waals surface area (Å²) in [6.45, 7) is 1.24. The van der Waals surface area contributed by atoms with Crippen LogP contribution in [0.1, 0.15) is 19.3 Å². The lowest BCUT2D eigenvalue weighted by Crippen LogP contribution is -2.34. The quantitative estimate of drug-likeness (QED) is 0.666. The van der Waals surface area contributed by atoms with E-state index in [9.17, 15) is 0 Å². The van der Waals surface area contributed by atoms with Crippen LogP contribution in [0.15, 0.2) is 24.0 Å². The first-order valence-corrected chi connectivity index (χ1v) is 5.44. The van der Waals surface area contributed by atoms with E-state index in [4.69, 9.17) is 4.74 Å². The number of hydrogen-bond donors (Lipinski definition) is 0. The van der Waals surface area contributed by atoms with Gasteiger partial charge in [0.15, 0.2) is 0 Å². The Hall–Kier alpha value is -0.760. The summed E-state index contributed by atoms with van der Waals surface area (Å²) < 4.78 is 5.45. The molecule has 14 heavy (non-hydrogen) atoms. The fourth-order valence-corrected chi connectivity index (χ4v) is 2.64. The van der Waals surface area contributed by atoms with Gasteiger partial charge in [0.05, 0.1) is 7.11 Å². The van der Waals surface area contributed by atoms with Crippen LogP contribution in [0.25, 0.3) is 0 Å². The zero-order chi connectivity index (χ0) is 9.97. The highest BCUT2D eigenvalue weighted by molar-refractivity contribution is 5.18. The summed E-state index contributed by atoms with van der Waals surface area (Å²) in [5.41, 5.74) is 0. The molecule has 0 bridgehead atoms. The van der Waals surface area contributed by atoms with E-state index < -0.39 is 0 Å². The monoisotopic (exact) mass is 193 g/mol. The van der Waals surface area contributed by atoms with Gasteiger partial charge in [0.1, 0.15) is 5.76 Å². The number of ether oxygens (including phenoxy) is 1. The fraction of sp³-hybridized carbons (Fsp3) is 0.667. The summed E-state index contributed by atoms with van der Waals surface area (Å²) in [5, 5.41) is 0. The van der Waals surface area contributed by atoms with E-state index in [2.05, 4.69) is 30.2 Å². The molecule has 2 heteroatoms. The predicted octanol–water partition coefficient (Wildman–Crippen LogP) is 2.19. The SMILES string of the molecule is COC1=CC=CCC1C1CCCN1C. The second-order valence-corrected chi connectivity index (χ2v) is 4.23. The molecule has 0 aromatic carbocycles. The Bertz CT molecular complexity index is 257. The van der Waals surface area contributed by atoms with Gasteiger partial charge in [0, 0.05) is 12.0 Å². The van der Waals surface area contributed by atoms with Crippen LogP contribution in [-0.2, 0) is 4.74 Å². The Morgan fingerprint density at radius 2 is 2.36 bits per heavy atom. The van der Waals surface area contributed by atoms with Gasteiger partial charge in [-0.15, -0.1) is 0 Å². The van der Waals surface area contributed by atoms with Gasteiger partial charge in [-0.3, -0.25) is 0 Å². The molecule has 2 unspecified atom stereocenters. The van der Waals surface area contributed by atoms with Crippen molar-refractivity contribution in [3.8, 4) is 0 Å². The third-order valence-electron chi connectivity index (χ3n) is 3.43. The highest BCUT2D eigenvalue weighted by Crippen LogP contribution is 2.32. The van der Waals surface area contributed by atoms with Crippen LogP contribution in [0.4, 0.5) is 0 Å². The number of nitrogens with zero attached hydrogens (tertiary/aromatic N) is 1. The van der Waals surface area contributed by atoms with Crippen LogP contribution in [0.2, 0.25) is 0 Å². The molecule has 1 aliphatic carbocycles. The van der Waals surface area contributed by atoms with Crippen LogP contribution >= 0.6 is 0 Å². The largest absolute Gasteiger partial charge is 0.501 e. The minimum Gasteiger partial charge on any atom is -0.501 e. The van der Waals surface area contributed by atoms with Crippen LogP contribution in [-0.4, -0.2) is 31.6 Å². The van der Waals surface area contributed by atoms with Crippen molar-refractivity contribution in [1.82, 2.24) is 4.90 Å². The van der Waals surface area contributed by atoms with E-state index in [1.54, 1.807) is 7.11 Å². The molecule has 0 N–H and O–H groups in total. The number of methoxy groups -OCH3 is 1. The smallest absolute Gasteiger partial charge is 0.100 e. The molecule has 2 rings (SSSR count). The molecule has 2 nitrogen and oxygen atoms in total. The second kappa shape index (κ2) is 4.18. The zero-order valence-corrected chi connectivity index (χ0v) is 9.07. The Morgan fingerprint density at radius 1 is 1.50 bits per heavy atom. The summed E-state index contributed by atoms with van der Waals surface area (Å²) in [4.78, 5) is 2.47. The maximum atomic E-state index is 5.45. The first-order valence-electron chi connectivity index (χ1n) is 5.44. The lowest BCUT2D eigenvalue weighted by atomic mass is 9.89. The van der Waals surface area contributed by atoms with Crippen molar-refractivity contribution in [2.45, 2.75) is 25.3 Å². The van der Waals surface area contributed by atoms with Gasteiger partial charge in [0.25, 0.3) is 0 Å². The van der Waals surface area contributed by atoms with Gasteiger partial charge in [-0.25, -0.2) is 0 Å². The summed E-state index contributed by atoms with van der Waals surface area (Å²) >= 11 is 0.